The van der Waals surface area contributed by atoms with E-state index in [4.69, 9.17) is 19.7 Å². The van der Waals surface area contributed by atoms with Crippen molar-refractivity contribution < 1.29 is 23.5 Å². The van der Waals surface area contributed by atoms with E-state index in [1.54, 1.807) is 20.1 Å². The second-order valence-corrected chi connectivity index (χ2v) is 9.82. The average Bonchev–Trinajstić information content (AvgIpc) is 3.04. The number of aromatic nitrogens is 4. The van der Waals surface area contributed by atoms with Gasteiger partial charge in [-0.05, 0) is 40.4 Å². The van der Waals surface area contributed by atoms with Crippen LogP contribution in [-0.2, 0) is 26.5 Å². The maximum Gasteiger partial charge on any atom is 0.332 e. The third-order valence-corrected chi connectivity index (χ3v) is 6.77. The standard InChI is InChI=1S/C20H27BrN5O5P/c1-4-13(2)31-32(27,28)12-15-7-5-6-14(10-15)11-26-18-16(23-19(26)21)17(22)24-20(25-18)30-9-8-29-3/h5-7,10,13H,4,8-9,11-12H2,1-3H3,(H,27,28)(H2,22,24,25). The molecule has 0 radical (unpaired) electrons. The zero-order valence-electron chi connectivity index (χ0n) is 18.2. The van der Waals surface area contributed by atoms with Crippen LogP contribution in [0.4, 0.5) is 5.82 Å². The molecule has 0 saturated carbocycles. The van der Waals surface area contributed by atoms with Gasteiger partial charge in [0.1, 0.15) is 6.61 Å². The number of halogens is 1. The van der Waals surface area contributed by atoms with Gasteiger partial charge in [-0.3, -0.25) is 9.13 Å². The summed E-state index contributed by atoms with van der Waals surface area (Å²) in [6, 6.07) is 7.55. The van der Waals surface area contributed by atoms with E-state index < -0.39 is 7.60 Å². The third-order valence-electron chi connectivity index (χ3n) is 4.71. The van der Waals surface area contributed by atoms with Crippen molar-refractivity contribution in [2.24, 2.45) is 0 Å². The molecule has 2 atom stereocenters. The first-order chi connectivity index (χ1) is 15.2. The summed E-state index contributed by atoms with van der Waals surface area (Å²) in [4.78, 5) is 23.2. The van der Waals surface area contributed by atoms with Crippen LogP contribution >= 0.6 is 23.5 Å². The zero-order chi connectivity index (χ0) is 23.3. The van der Waals surface area contributed by atoms with Gasteiger partial charge in [0.25, 0.3) is 0 Å². The summed E-state index contributed by atoms with van der Waals surface area (Å²) in [6.45, 7) is 4.77. The van der Waals surface area contributed by atoms with Gasteiger partial charge in [0, 0.05) is 7.11 Å². The highest BCUT2D eigenvalue weighted by Gasteiger charge is 2.23. The monoisotopic (exact) mass is 527 g/mol. The molecule has 3 rings (SSSR count). The Hall–Kier alpha value is -2.04. The molecule has 3 N–H and O–H groups in total. The molecule has 0 aliphatic carbocycles. The molecule has 0 amide bonds. The Labute approximate surface area is 194 Å². The minimum absolute atomic E-state index is 0.0658. The van der Waals surface area contributed by atoms with Gasteiger partial charge in [-0.15, -0.1) is 0 Å². The Kier molecular flexibility index (Phi) is 8.24. The van der Waals surface area contributed by atoms with Crippen LogP contribution in [-0.4, -0.2) is 50.8 Å². The quantitative estimate of drug-likeness (QED) is 0.217. The molecule has 0 fully saturated rings. The summed E-state index contributed by atoms with van der Waals surface area (Å²) >= 11 is 3.46. The van der Waals surface area contributed by atoms with E-state index in [1.807, 2.05) is 29.7 Å². The average molecular weight is 528 g/mol. The summed E-state index contributed by atoms with van der Waals surface area (Å²) in [6.07, 6.45) is 0.311. The molecule has 2 aromatic heterocycles. The molecule has 32 heavy (non-hydrogen) atoms. The van der Waals surface area contributed by atoms with E-state index in [0.717, 1.165) is 5.56 Å². The van der Waals surface area contributed by atoms with Crippen LogP contribution in [0.15, 0.2) is 29.0 Å². The molecule has 0 bridgehead atoms. The normalized spacial score (nSPS) is 14.4. The Bertz CT molecular complexity index is 1130. The molecule has 2 unspecified atom stereocenters. The van der Waals surface area contributed by atoms with Crippen molar-refractivity contribution in [2.75, 3.05) is 26.1 Å². The molecule has 174 valence electrons. The van der Waals surface area contributed by atoms with Crippen LogP contribution in [0.1, 0.15) is 31.4 Å². The number of ether oxygens (including phenoxy) is 2. The molecule has 0 aliphatic rings. The Morgan fingerprint density at radius 2 is 2.00 bits per heavy atom. The van der Waals surface area contributed by atoms with Crippen molar-refractivity contribution in [3.05, 3.63) is 40.1 Å². The number of nitrogen functional groups attached to an aromatic ring is 1. The van der Waals surface area contributed by atoms with Crippen molar-refractivity contribution in [3.8, 4) is 6.01 Å². The first-order valence-corrected chi connectivity index (χ1v) is 12.7. The second-order valence-electron chi connectivity index (χ2n) is 7.31. The van der Waals surface area contributed by atoms with E-state index in [0.29, 0.717) is 47.6 Å². The number of benzene rings is 1. The maximum atomic E-state index is 12.4. The zero-order valence-corrected chi connectivity index (χ0v) is 20.7. The SMILES string of the molecule is CCC(C)OP(=O)(O)Cc1cccc(Cn2c(Br)nc3c(N)nc(OCCOC)nc32)c1. The van der Waals surface area contributed by atoms with Crippen LogP contribution < -0.4 is 10.5 Å². The summed E-state index contributed by atoms with van der Waals surface area (Å²) < 4.78 is 30.6. The highest BCUT2D eigenvalue weighted by atomic mass is 79.9. The molecule has 3 aromatic rings. The van der Waals surface area contributed by atoms with Gasteiger partial charge < -0.3 is 24.6 Å². The number of hydrogen-bond donors (Lipinski definition) is 2. The highest BCUT2D eigenvalue weighted by Crippen LogP contribution is 2.47. The van der Waals surface area contributed by atoms with Crippen LogP contribution in [0, 0.1) is 0 Å². The van der Waals surface area contributed by atoms with Gasteiger partial charge in [-0.2, -0.15) is 9.97 Å². The molecule has 10 nitrogen and oxygen atoms in total. The summed E-state index contributed by atoms with van der Waals surface area (Å²) in [5.41, 5.74) is 8.61. The number of nitrogens with zero attached hydrogens (tertiary/aromatic N) is 4. The van der Waals surface area contributed by atoms with Crippen LogP contribution in [0.5, 0.6) is 6.01 Å². The summed E-state index contributed by atoms with van der Waals surface area (Å²) in [5.74, 6) is 0.207. The van der Waals surface area contributed by atoms with E-state index >= 15 is 0 Å². The highest BCUT2D eigenvalue weighted by molar-refractivity contribution is 9.10. The van der Waals surface area contributed by atoms with Crippen LogP contribution in [0.3, 0.4) is 0 Å². The van der Waals surface area contributed by atoms with E-state index in [-0.39, 0.29) is 24.1 Å². The minimum Gasteiger partial charge on any atom is -0.461 e. The van der Waals surface area contributed by atoms with Gasteiger partial charge in [0.15, 0.2) is 21.7 Å². The molecule has 0 aliphatic heterocycles. The first kappa shape index (κ1) is 24.6. The first-order valence-electron chi connectivity index (χ1n) is 10.1. The Morgan fingerprint density at radius 3 is 2.72 bits per heavy atom. The summed E-state index contributed by atoms with van der Waals surface area (Å²) in [7, 11) is -2.17. The lowest BCUT2D eigenvalue weighted by atomic mass is 10.1. The van der Waals surface area contributed by atoms with Crippen LogP contribution in [0.25, 0.3) is 11.2 Å². The Balaban J connectivity index is 1.85. The van der Waals surface area contributed by atoms with E-state index in [9.17, 15) is 9.46 Å². The number of hydrogen-bond acceptors (Lipinski definition) is 8. The van der Waals surface area contributed by atoms with Crippen molar-refractivity contribution in [3.63, 3.8) is 0 Å². The molecule has 0 spiro atoms. The number of methoxy groups -OCH3 is 1. The predicted octanol–water partition coefficient (Wildman–Crippen LogP) is 3.75. The second kappa shape index (κ2) is 10.7. The van der Waals surface area contributed by atoms with Gasteiger partial charge in [-0.1, -0.05) is 31.2 Å². The molecule has 12 heteroatoms. The number of nitrogens with two attached hydrogens (primary N) is 1. The van der Waals surface area contributed by atoms with Gasteiger partial charge in [0.05, 0.1) is 25.4 Å². The van der Waals surface area contributed by atoms with Crippen LogP contribution in [0.2, 0.25) is 0 Å². The number of rotatable bonds is 11. The van der Waals surface area contributed by atoms with Crippen molar-refractivity contribution in [2.45, 2.75) is 39.1 Å². The molecule has 0 saturated heterocycles. The molecule has 2 heterocycles. The van der Waals surface area contributed by atoms with Gasteiger partial charge >= 0.3 is 13.6 Å². The Morgan fingerprint density at radius 1 is 1.25 bits per heavy atom. The fraction of sp³-hybridized carbons (Fsp3) is 0.450. The number of anilines is 1. The van der Waals surface area contributed by atoms with E-state index in [2.05, 4.69) is 30.9 Å². The van der Waals surface area contributed by atoms with Crippen molar-refractivity contribution in [1.29, 1.82) is 0 Å². The lowest BCUT2D eigenvalue weighted by molar-refractivity contribution is 0.141. The van der Waals surface area contributed by atoms with Gasteiger partial charge in [0.2, 0.25) is 0 Å². The maximum absolute atomic E-state index is 12.4. The predicted molar refractivity (Wildman–Crippen MR) is 125 cm³/mol. The molecular formula is C20H27BrN5O5P. The number of imidazole rings is 1. The number of fused-ring (bicyclic) bond motifs is 1. The fourth-order valence-electron chi connectivity index (χ4n) is 3.03. The molecule has 1 aromatic carbocycles. The largest absolute Gasteiger partial charge is 0.461 e. The van der Waals surface area contributed by atoms with Gasteiger partial charge in [-0.25, -0.2) is 4.98 Å². The third kappa shape index (κ3) is 6.26. The van der Waals surface area contributed by atoms with E-state index in [1.165, 1.54) is 0 Å². The topological polar surface area (TPSA) is 135 Å². The smallest absolute Gasteiger partial charge is 0.332 e. The summed E-state index contributed by atoms with van der Waals surface area (Å²) in [5, 5.41) is 0. The van der Waals surface area contributed by atoms with Crippen molar-refractivity contribution >= 4 is 40.5 Å². The lowest BCUT2D eigenvalue weighted by Crippen LogP contribution is -2.09. The fourth-order valence-corrected chi connectivity index (χ4v) is 4.94. The lowest BCUT2D eigenvalue weighted by Gasteiger charge is -2.17. The van der Waals surface area contributed by atoms with Crippen molar-refractivity contribution in [1.82, 2.24) is 19.5 Å². The minimum atomic E-state index is -3.75. The molecular weight excluding hydrogens is 501 g/mol.